The number of nitrogens with zero attached hydrogens (tertiary/aromatic N) is 1. The maximum Gasteiger partial charge on any atom is 0.317 e. The quantitative estimate of drug-likeness (QED) is 0.255. The Bertz CT molecular complexity index is 1130. The van der Waals surface area contributed by atoms with Crippen LogP contribution in [0.4, 0.5) is 0 Å². The lowest BCUT2D eigenvalue weighted by atomic mass is 10.0. The number of rotatable bonds is 8. The fraction of sp³-hybridized carbons (Fsp3) is 0.250. The zero-order valence-electron chi connectivity index (χ0n) is 17.0. The molecule has 4 rings (SSSR count). The van der Waals surface area contributed by atoms with Gasteiger partial charge in [0, 0.05) is 35.8 Å². The second-order valence-electron chi connectivity index (χ2n) is 7.80. The summed E-state index contributed by atoms with van der Waals surface area (Å²) in [6, 6.07) is 14.1. The maximum atomic E-state index is 11.6. The summed E-state index contributed by atoms with van der Waals surface area (Å²) in [5.41, 5.74) is 7.02. The number of aromatic amines is 1. The molecule has 0 spiro atoms. The minimum absolute atomic E-state index is 0.00914. The van der Waals surface area contributed by atoms with Crippen LogP contribution < -0.4 is 5.48 Å². The van der Waals surface area contributed by atoms with Crippen molar-refractivity contribution in [3.63, 3.8) is 0 Å². The number of para-hydroxylation sites is 1. The molecule has 1 atom stereocenters. The number of hydroxylamine groups is 1. The Hall–Kier alpha value is -3.42. The summed E-state index contributed by atoms with van der Waals surface area (Å²) in [6.07, 6.45) is 7.41. The number of carbonyl (C=O) groups is 2. The van der Waals surface area contributed by atoms with Crippen LogP contribution in [0, 0.1) is 0 Å². The second-order valence-corrected chi connectivity index (χ2v) is 7.80. The number of benzene rings is 2. The van der Waals surface area contributed by atoms with Crippen molar-refractivity contribution in [2.24, 2.45) is 0 Å². The fourth-order valence-electron chi connectivity index (χ4n) is 4.43. The molecular weight excluding hydrogens is 394 g/mol. The van der Waals surface area contributed by atoms with Crippen molar-refractivity contribution < 1.29 is 19.9 Å². The van der Waals surface area contributed by atoms with E-state index >= 15 is 0 Å². The van der Waals surface area contributed by atoms with Crippen LogP contribution in [0.5, 0.6) is 0 Å². The predicted octanol–water partition coefficient (Wildman–Crippen LogP) is 3.30. The number of aryl methyl sites for hydroxylation is 1. The van der Waals surface area contributed by atoms with Gasteiger partial charge in [-0.15, -0.1) is 0 Å². The number of aliphatic carboxylic acids is 1. The molecule has 7 nitrogen and oxygen atoms in total. The lowest BCUT2D eigenvalue weighted by Crippen LogP contribution is -2.34. The number of fused-ring (bicyclic) bond motifs is 2. The second kappa shape index (κ2) is 9.16. The van der Waals surface area contributed by atoms with Gasteiger partial charge < -0.3 is 10.1 Å². The molecule has 7 heteroatoms. The van der Waals surface area contributed by atoms with Crippen molar-refractivity contribution in [2.75, 3.05) is 13.1 Å². The first-order chi connectivity index (χ1) is 15.0. The topological polar surface area (TPSA) is 106 Å². The zero-order chi connectivity index (χ0) is 21.8. The minimum Gasteiger partial charge on any atom is -0.480 e. The molecule has 0 aliphatic heterocycles. The van der Waals surface area contributed by atoms with Gasteiger partial charge in [-0.25, -0.2) is 5.48 Å². The molecule has 1 amide bonds. The number of hydrogen-bond acceptors (Lipinski definition) is 4. The van der Waals surface area contributed by atoms with E-state index < -0.39 is 11.9 Å². The van der Waals surface area contributed by atoms with Crippen molar-refractivity contribution in [1.82, 2.24) is 15.4 Å². The van der Waals surface area contributed by atoms with E-state index in [0.717, 1.165) is 35.9 Å². The summed E-state index contributed by atoms with van der Waals surface area (Å²) >= 11 is 0. The smallest absolute Gasteiger partial charge is 0.317 e. The van der Waals surface area contributed by atoms with Gasteiger partial charge in [-0.1, -0.05) is 36.4 Å². The van der Waals surface area contributed by atoms with Crippen LogP contribution in [0.25, 0.3) is 17.0 Å². The number of aromatic nitrogens is 1. The molecule has 0 fully saturated rings. The van der Waals surface area contributed by atoms with E-state index in [-0.39, 0.29) is 12.6 Å². The third-order valence-corrected chi connectivity index (χ3v) is 5.87. The highest BCUT2D eigenvalue weighted by Crippen LogP contribution is 2.36. The third-order valence-electron chi connectivity index (χ3n) is 5.87. The molecule has 3 aromatic rings. The van der Waals surface area contributed by atoms with Gasteiger partial charge >= 0.3 is 5.97 Å². The van der Waals surface area contributed by atoms with E-state index in [1.165, 1.54) is 22.6 Å². The van der Waals surface area contributed by atoms with Gasteiger partial charge in [0.05, 0.1) is 6.54 Å². The summed E-state index contributed by atoms with van der Waals surface area (Å²) in [7, 11) is 0. The van der Waals surface area contributed by atoms with Crippen molar-refractivity contribution in [3.8, 4) is 0 Å². The lowest BCUT2D eigenvalue weighted by molar-refractivity contribution is -0.139. The number of amides is 1. The Balaban J connectivity index is 1.52. The van der Waals surface area contributed by atoms with E-state index in [9.17, 15) is 14.7 Å². The van der Waals surface area contributed by atoms with Gasteiger partial charge in [0.2, 0.25) is 0 Å². The molecule has 2 aromatic carbocycles. The molecule has 1 heterocycles. The molecule has 0 bridgehead atoms. The van der Waals surface area contributed by atoms with E-state index in [1.807, 2.05) is 47.5 Å². The van der Waals surface area contributed by atoms with Crippen molar-refractivity contribution >= 4 is 28.9 Å². The highest BCUT2D eigenvalue weighted by Gasteiger charge is 2.29. The first kappa shape index (κ1) is 20.8. The highest BCUT2D eigenvalue weighted by atomic mass is 16.5. The fourth-order valence-corrected chi connectivity index (χ4v) is 4.43. The Labute approximate surface area is 180 Å². The largest absolute Gasteiger partial charge is 0.480 e. The van der Waals surface area contributed by atoms with Crippen LogP contribution in [0.15, 0.2) is 54.7 Å². The standard InChI is InChI=1S/C24H25N3O4/c28-23(26-31)10-6-16-5-8-20-17(13-16)7-9-22(20)27(15-24(29)30)12-11-18-14-25-21-4-2-1-3-19(18)21/h1-6,8,10,13-14,22,25,31H,7,9,11-12,15H2,(H,26,28)(H,29,30). The summed E-state index contributed by atoms with van der Waals surface area (Å²) in [6.45, 7) is 0.640. The van der Waals surface area contributed by atoms with Crippen LogP contribution in [0.1, 0.15) is 34.7 Å². The minimum atomic E-state index is -0.832. The lowest BCUT2D eigenvalue weighted by Gasteiger charge is -2.28. The van der Waals surface area contributed by atoms with Gasteiger partial charge in [0.1, 0.15) is 0 Å². The van der Waals surface area contributed by atoms with Gasteiger partial charge in [-0.3, -0.25) is 19.7 Å². The van der Waals surface area contributed by atoms with E-state index in [4.69, 9.17) is 5.21 Å². The molecule has 0 saturated heterocycles. The molecular formula is C24H25N3O4. The molecule has 160 valence electrons. The van der Waals surface area contributed by atoms with Crippen LogP contribution in [0.2, 0.25) is 0 Å². The van der Waals surface area contributed by atoms with Crippen LogP contribution >= 0.6 is 0 Å². The number of carboxylic acid groups (broad SMARTS) is 1. The van der Waals surface area contributed by atoms with Crippen molar-refractivity contribution in [3.05, 3.63) is 77.0 Å². The first-order valence-electron chi connectivity index (χ1n) is 10.3. The molecule has 0 saturated carbocycles. The van der Waals surface area contributed by atoms with Crippen LogP contribution in [0.3, 0.4) is 0 Å². The zero-order valence-corrected chi connectivity index (χ0v) is 17.0. The number of carboxylic acids is 1. The molecule has 0 radical (unpaired) electrons. The van der Waals surface area contributed by atoms with Gasteiger partial charge in [-0.05, 0) is 53.7 Å². The van der Waals surface area contributed by atoms with Gasteiger partial charge in [0.15, 0.2) is 0 Å². The molecule has 1 aliphatic carbocycles. The number of H-pyrrole nitrogens is 1. The average molecular weight is 419 g/mol. The van der Waals surface area contributed by atoms with E-state index in [0.29, 0.717) is 6.54 Å². The SMILES string of the molecule is O=C(O)CN(CCc1c[nH]c2ccccc12)C1CCc2cc(C=CC(=O)NO)ccc21. The Morgan fingerprint density at radius 1 is 1.23 bits per heavy atom. The molecule has 1 aliphatic rings. The Morgan fingerprint density at radius 2 is 2.06 bits per heavy atom. The predicted molar refractivity (Wildman–Crippen MR) is 118 cm³/mol. The van der Waals surface area contributed by atoms with Crippen LogP contribution in [-0.2, 0) is 22.4 Å². The summed E-state index contributed by atoms with van der Waals surface area (Å²) in [5.74, 6) is -1.41. The summed E-state index contributed by atoms with van der Waals surface area (Å²) < 4.78 is 0. The molecule has 1 unspecified atom stereocenters. The molecule has 4 N–H and O–H groups in total. The molecule has 31 heavy (non-hydrogen) atoms. The van der Waals surface area contributed by atoms with Gasteiger partial charge in [0.25, 0.3) is 5.91 Å². The summed E-state index contributed by atoms with van der Waals surface area (Å²) in [4.78, 5) is 28.1. The maximum absolute atomic E-state index is 11.6. The molecule has 1 aromatic heterocycles. The number of carbonyl (C=O) groups excluding carboxylic acids is 1. The third kappa shape index (κ3) is 4.68. The first-order valence-corrected chi connectivity index (χ1v) is 10.3. The van der Waals surface area contributed by atoms with Crippen molar-refractivity contribution in [2.45, 2.75) is 25.3 Å². The monoisotopic (exact) mass is 419 g/mol. The highest BCUT2D eigenvalue weighted by molar-refractivity contribution is 5.90. The number of nitrogens with one attached hydrogen (secondary N) is 2. The average Bonchev–Trinajstić information content (AvgIpc) is 3.38. The van der Waals surface area contributed by atoms with Crippen molar-refractivity contribution in [1.29, 1.82) is 0 Å². The Kier molecular flexibility index (Phi) is 6.16. The van der Waals surface area contributed by atoms with E-state index in [2.05, 4.69) is 11.1 Å². The summed E-state index contributed by atoms with van der Waals surface area (Å²) in [5, 5.41) is 19.3. The number of hydrogen-bond donors (Lipinski definition) is 4. The Morgan fingerprint density at radius 3 is 2.87 bits per heavy atom. The van der Waals surface area contributed by atoms with Gasteiger partial charge in [-0.2, -0.15) is 0 Å². The van der Waals surface area contributed by atoms with Crippen LogP contribution in [-0.4, -0.2) is 45.2 Å². The van der Waals surface area contributed by atoms with E-state index in [1.54, 1.807) is 11.6 Å². The normalized spacial score (nSPS) is 15.6.